The molecule has 0 N–H and O–H groups in total. The molecule has 2 atom stereocenters. The summed E-state index contributed by atoms with van der Waals surface area (Å²) < 4.78 is 28.9. The average molecular weight is 625 g/mol. The van der Waals surface area contributed by atoms with Gasteiger partial charge in [0.1, 0.15) is 29.2 Å². The number of aromatic nitrogens is 3. The van der Waals surface area contributed by atoms with Crippen molar-refractivity contribution >= 4 is 33.6 Å². The molecule has 46 heavy (non-hydrogen) atoms. The third-order valence-corrected chi connectivity index (χ3v) is 10.4. The van der Waals surface area contributed by atoms with Crippen LogP contribution in [0.15, 0.2) is 48.7 Å². The van der Waals surface area contributed by atoms with E-state index in [0.29, 0.717) is 30.9 Å². The van der Waals surface area contributed by atoms with Crippen molar-refractivity contribution in [1.29, 1.82) is 0 Å². The first-order valence-corrected chi connectivity index (χ1v) is 16.7. The minimum Gasteiger partial charge on any atom is -0.461 e. The zero-order valence-electron chi connectivity index (χ0n) is 26.8. The highest BCUT2D eigenvalue weighted by molar-refractivity contribution is 5.99. The summed E-state index contributed by atoms with van der Waals surface area (Å²) in [4.78, 5) is 34.1. The van der Waals surface area contributed by atoms with Crippen molar-refractivity contribution in [3.63, 3.8) is 0 Å². The molecule has 2 aromatic heterocycles. The second kappa shape index (κ2) is 11.0. The van der Waals surface area contributed by atoms with Gasteiger partial charge in [0.15, 0.2) is 5.82 Å². The predicted molar refractivity (Wildman–Crippen MR) is 176 cm³/mol. The van der Waals surface area contributed by atoms with Crippen LogP contribution in [-0.2, 0) is 4.74 Å². The lowest BCUT2D eigenvalue weighted by molar-refractivity contribution is 0.0122. The zero-order valence-corrected chi connectivity index (χ0v) is 26.8. The normalized spacial score (nSPS) is 22.5. The molecule has 240 valence electrons. The van der Waals surface area contributed by atoms with Crippen molar-refractivity contribution < 1.29 is 18.7 Å². The summed E-state index contributed by atoms with van der Waals surface area (Å²) in [5, 5.41) is 2.49. The van der Waals surface area contributed by atoms with Crippen molar-refractivity contribution in [3.8, 4) is 17.3 Å². The first kappa shape index (κ1) is 29.4. The molecular formula is C36H41FN6O3. The Morgan fingerprint density at radius 2 is 1.70 bits per heavy atom. The Morgan fingerprint density at radius 1 is 0.978 bits per heavy atom. The van der Waals surface area contributed by atoms with Crippen molar-refractivity contribution in [2.75, 3.05) is 37.7 Å². The largest absolute Gasteiger partial charge is 0.461 e. The maximum absolute atomic E-state index is 16.8. The minimum absolute atomic E-state index is 0.00152. The van der Waals surface area contributed by atoms with Crippen molar-refractivity contribution in [2.24, 2.45) is 0 Å². The van der Waals surface area contributed by atoms with E-state index in [1.165, 1.54) is 0 Å². The molecule has 4 aromatic rings. The molecule has 0 radical (unpaired) electrons. The molecule has 10 heteroatoms. The molecule has 4 aliphatic rings. The molecule has 1 amide bonds. The van der Waals surface area contributed by atoms with Crippen LogP contribution < -0.4 is 9.64 Å². The molecule has 4 aliphatic heterocycles. The molecule has 4 fully saturated rings. The van der Waals surface area contributed by atoms with Crippen LogP contribution in [0.4, 0.5) is 15.0 Å². The van der Waals surface area contributed by atoms with Crippen LogP contribution in [0.25, 0.3) is 32.9 Å². The third kappa shape index (κ3) is 5.01. The number of carbonyl (C=O) groups is 1. The highest BCUT2D eigenvalue weighted by Gasteiger charge is 2.46. The Labute approximate surface area is 268 Å². The number of halogens is 1. The van der Waals surface area contributed by atoms with Crippen LogP contribution in [0.1, 0.15) is 59.3 Å². The van der Waals surface area contributed by atoms with Crippen LogP contribution in [0.5, 0.6) is 6.01 Å². The van der Waals surface area contributed by atoms with E-state index in [0.717, 1.165) is 68.0 Å². The zero-order chi connectivity index (χ0) is 31.6. The second-order valence-corrected chi connectivity index (χ2v) is 14.4. The molecule has 6 heterocycles. The number of carbonyl (C=O) groups excluding carboxylic acids is 1. The number of nitrogens with zero attached hydrogens (tertiary/aromatic N) is 6. The summed E-state index contributed by atoms with van der Waals surface area (Å²) in [5.41, 5.74) is 0.608. The fourth-order valence-corrected chi connectivity index (χ4v) is 8.30. The van der Waals surface area contributed by atoms with Gasteiger partial charge in [0.2, 0.25) is 0 Å². The van der Waals surface area contributed by atoms with E-state index < -0.39 is 11.4 Å². The Kier molecular flexibility index (Phi) is 7.04. The van der Waals surface area contributed by atoms with Gasteiger partial charge in [-0.15, -0.1) is 0 Å². The molecule has 2 aromatic carbocycles. The molecule has 9 nitrogen and oxygen atoms in total. The number of piperazine rings is 1. The number of rotatable bonds is 5. The molecule has 0 spiro atoms. The van der Waals surface area contributed by atoms with Crippen molar-refractivity contribution in [2.45, 2.75) is 82.5 Å². The van der Waals surface area contributed by atoms with Gasteiger partial charge in [0.25, 0.3) is 0 Å². The first-order valence-electron chi connectivity index (χ1n) is 16.7. The summed E-state index contributed by atoms with van der Waals surface area (Å²) in [6, 6.07) is 13.9. The van der Waals surface area contributed by atoms with Crippen molar-refractivity contribution in [1.82, 2.24) is 24.8 Å². The standard InChI is InChI=1S/C36H41FN6O3/c1-35(2,3)46-34(44)43-24-13-14-25(43)21-41(20-24)32-28-19-38-30(27-12-6-10-23-9-4-5-11-26(23)27)29(37)31(28)39-33(40-32)45-22-36-15-7-17-42(36)18-8-16-36/h4-6,9-12,19,24-25H,7-8,13-18,20-22H2,1-3H3/t24-,25+. The predicted octanol–water partition coefficient (Wildman–Crippen LogP) is 6.58. The fourth-order valence-electron chi connectivity index (χ4n) is 8.30. The third-order valence-electron chi connectivity index (χ3n) is 10.4. The maximum Gasteiger partial charge on any atom is 0.410 e. The van der Waals surface area contributed by atoms with Gasteiger partial charge in [0, 0.05) is 24.8 Å². The van der Waals surface area contributed by atoms with E-state index in [2.05, 4.69) is 14.8 Å². The van der Waals surface area contributed by atoms with E-state index >= 15 is 4.39 Å². The van der Waals surface area contributed by atoms with E-state index in [1.54, 1.807) is 6.20 Å². The van der Waals surface area contributed by atoms with Crippen LogP contribution in [-0.4, -0.2) is 86.9 Å². The monoisotopic (exact) mass is 624 g/mol. The average Bonchev–Trinajstić information content (AvgIpc) is 3.70. The lowest BCUT2D eigenvalue weighted by atomic mass is 9.95. The topological polar surface area (TPSA) is 83.9 Å². The van der Waals surface area contributed by atoms with Gasteiger partial charge in [-0.1, -0.05) is 42.5 Å². The molecule has 2 bridgehead atoms. The first-order chi connectivity index (χ1) is 22.2. The van der Waals surface area contributed by atoms with Gasteiger partial charge in [0.05, 0.1) is 23.0 Å². The Bertz CT molecular complexity index is 1800. The minimum atomic E-state index is -0.568. The summed E-state index contributed by atoms with van der Waals surface area (Å²) in [6.07, 6.45) is 7.68. The van der Waals surface area contributed by atoms with Crippen molar-refractivity contribution in [3.05, 3.63) is 54.5 Å². The summed E-state index contributed by atoms with van der Waals surface area (Å²) in [6.45, 7) is 9.46. The number of pyridine rings is 1. The lowest BCUT2D eigenvalue weighted by Gasteiger charge is -2.42. The summed E-state index contributed by atoms with van der Waals surface area (Å²) >= 11 is 0. The maximum atomic E-state index is 16.8. The van der Waals surface area contributed by atoms with E-state index in [-0.39, 0.29) is 40.9 Å². The number of benzene rings is 2. The number of anilines is 1. The van der Waals surface area contributed by atoms with E-state index in [1.807, 2.05) is 68.1 Å². The summed E-state index contributed by atoms with van der Waals surface area (Å²) in [7, 11) is 0. The number of ether oxygens (including phenoxy) is 2. The molecule has 4 saturated heterocycles. The van der Waals surface area contributed by atoms with Gasteiger partial charge < -0.3 is 14.4 Å². The van der Waals surface area contributed by atoms with Crippen LogP contribution in [0, 0.1) is 5.82 Å². The van der Waals surface area contributed by atoms with Gasteiger partial charge in [-0.05, 0) is 83.2 Å². The number of amides is 1. The lowest BCUT2D eigenvalue weighted by Crippen LogP contribution is -2.57. The van der Waals surface area contributed by atoms with E-state index in [4.69, 9.17) is 19.4 Å². The highest BCUT2D eigenvalue weighted by atomic mass is 19.1. The van der Waals surface area contributed by atoms with Gasteiger partial charge in [-0.3, -0.25) is 14.8 Å². The second-order valence-electron chi connectivity index (χ2n) is 14.4. The molecule has 0 aliphatic carbocycles. The van der Waals surface area contributed by atoms with Crippen LogP contribution in [0.3, 0.4) is 0 Å². The fraction of sp³-hybridized carbons (Fsp3) is 0.500. The van der Waals surface area contributed by atoms with Gasteiger partial charge in [-0.25, -0.2) is 9.18 Å². The Hall–Kier alpha value is -4.05. The number of hydrogen-bond acceptors (Lipinski definition) is 8. The summed E-state index contributed by atoms with van der Waals surface area (Å²) in [5.74, 6) is 0.114. The molecular weight excluding hydrogens is 583 g/mol. The highest BCUT2D eigenvalue weighted by Crippen LogP contribution is 2.41. The number of fused-ring (bicyclic) bond motifs is 5. The Morgan fingerprint density at radius 3 is 2.43 bits per heavy atom. The SMILES string of the molecule is CC(C)(C)OC(=O)N1[C@@H]2CC[C@H]1CN(c1nc(OCC34CCCN3CCC4)nc3c(F)c(-c4cccc5ccccc45)ncc13)C2. The molecule has 0 saturated carbocycles. The molecule has 8 rings (SSSR count). The van der Waals surface area contributed by atoms with E-state index in [9.17, 15) is 4.79 Å². The van der Waals surface area contributed by atoms with Gasteiger partial charge in [-0.2, -0.15) is 9.97 Å². The van der Waals surface area contributed by atoms with Crippen LogP contribution in [0.2, 0.25) is 0 Å². The quantitative estimate of drug-likeness (QED) is 0.246. The smallest absolute Gasteiger partial charge is 0.410 e. The number of hydrogen-bond donors (Lipinski definition) is 0. The van der Waals surface area contributed by atoms with Gasteiger partial charge >= 0.3 is 12.1 Å². The van der Waals surface area contributed by atoms with Crippen LogP contribution >= 0.6 is 0 Å². The molecule has 0 unspecified atom stereocenters. The Balaban J connectivity index is 1.19.